The van der Waals surface area contributed by atoms with Gasteiger partial charge >= 0.3 is 0 Å². The van der Waals surface area contributed by atoms with E-state index in [0.717, 1.165) is 41.5 Å². The van der Waals surface area contributed by atoms with Crippen molar-refractivity contribution in [3.63, 3.8) is 0 Å². The summed E-state index contributed by atoms with van der Waals surface area (Å²) >= 11 is 5.70. The van der Waals surface area contributed by atoms with E-state index < -0.39 is 0 Å². The number of benzene rings is 1. The molecule has 2 aromatic heterocycles. The lowest BCUT2D eigenvalue weighted by Gasteiger charge is -2.26. The Labute approximate surface area is 189 Å². The molecular weight excluding hydrogens is 406 g/mol. The van der Waals surface area contributed by atoms with Crippen molar-refractivity contribution in [2.45, 2.75) is 33.4 Å². The molecule has 3 rings (SSSR count). The number of nitrogens with one attached hydrogen (secondary N) is 2. The van der Waals surface area contributed by atoms with Crippen molar-refractivity contribution in [3.8, 4) is 0 Å². The predicted octanol–water partition coefficient (Wildman–Crippen LogP) is 3.37. The van der Waals surface area contributed by atoms with Gasteiger partial charge in [-0.3, -0.25) is 9.78 Å². The smallest absolute Gasteiger partial charge is 0.253 e. The molecule has 1 aromatic carbocycles. The molecule has 164 valence electrons. The number of rotatable bonds is 8. The number of aryl methyl sites for hydroxylation is 2. The first-order valence-corrected chi connectivity index (χ1v) is 10.9. The first-order chi connectivity index (χ1) is 14.8. The monoisotopic (exact) mass is 437 g/mol. The van der Waals surface area contributed by atoms with Gasteiger partial charge < -0.3 is 20.1 Å². The average molecular weight is 438 g/mol. The van der Waals surface area contributed by atoms with E-state index in [1.54, 1.807) is 6.20 Å². The summed E-state index contributed by atoms with van der Waals surface area (Å²) in [7, 11) is 4.12. The van der Waals surface area contributed by atoms with Gasteiger partial charge in [-0.25, -0.2) is 0 Å². The minimum Gasteiger partial charge on any atom is -0.363 e. The lowest BCUT2D eigenvalue weighted by molar-refractivity contribution is 0.383. The SMILES string of the molecule is Cc1cc(C)c2[nH]c(=O)c(CN(Cc3cccnc3)C(=S)NCCCN(C)C)cc2c1. The standard InChI is InChI=1S/C24H31N5OS/c1-17-11-18(2)22-20(12-17)13-21(23(30)27-22)16-29(15-19-7-5-8-25-14-19)24(31)26-9-6-10-28(3)4/h5,7-8,11-14H,6,9-10,15-16H2,1-4H3,(H,26,31)(H,27,30). The second kappa shape index (κ2) is 10.5. The van der Waals surface area contributed by atoms with Crippen LogP contribution in [-0.2, 0) is 13.1 Å². The van der Waals surface area contributed by atoms with E-state index in [1.165, 1.54) is 5.56 Å². The number of aromatic amines is 1. The van der Waals surface area contributed by atoms with Crippen LogP contribution in [0.25, 0.3) is 10.9 Å². The lowest BCUT2D eigenvalue weighted by Crippen LogP contribution is -2.40. The topological polar surface area (TPSA) is 64.3 Å². The van der Waals surface area contributed by atoms with Gasteiger partial charge in [0.15, 0.2) is 5.11 Å². The number of fused-ring (bicyclic) bond motifs is 1. The van der Waals surface area contributed by atoms with Crippen LogP contribution in [0.1, 0.15) is 28.7 Å². The zero-order valence-electron chi connectivity index (χ0n) is 18.7. The summed E-state index contributed by atoms with van der Waals surface area (Å²) in [5.41, 5.74) is 4.80. The van der Waals surface area contributed by atoms with Crippen LogP contribution >= 0.6 is 12.2 Å². The Hall–Kier alpha value is -2.77. The largest absolute Gasteiger partial charge is 0.363 e. The van der Waals surface area contributed by atoms with Gasteiger partial charge in [-0.15, -0.1) is 0 Å². The van der Waals surface area contributed by atoms with Gasteiger partial charge in [0.25, 0.3) is 5.56 Å². The van der Waals surface area contributed by atoms with Crippen molar-refractivity contribution in [3.05, 3.63) is 75.3 Å². The molecular formula is C24H31N5OS. The molecule has 0 fully saturated rings. The highest BCUT2D eigenvalue weighted by molar-refractivity contribution is 7.80. The van der Waals surface area contributed by atoms with E-state index in [1.807, 2.05) is 36.2 Å². The summed E-state index contributed by atoms with van der Waals surface area (Å²) in [6, 6.07) is 10.1. The van der Waals surface area contributed by atoms with Crippen molar-refractivity contribution in [2.75, 3.05) is 27.2 Å². The molecule has 0 aliphatic heterocycles. The molecule has 0 radical (unpaired) electrons. The van der Waals surface area contributed by atoms with E-state index in [4.69, 9.17) is 12.2 Å². The fourth-order valence-electron chi connectivity index (χ4n) is 3.67. The van der Waals surface area contributed by atoms with Crippen LogP contribution in [0.5, 0.6) is 0 Å². The molecule has 2 N–H and O–H groups in total. The molecule has 0 aliphatic rings. The first kappa shape index (κ1) is 22.9. The third-order valence-electron chi connectivity index (χ3n) is 5.17. The Kier molecular flexibility index (Phi) is 7.76. The van der Waals surface area contributed by atoms with Crippen LogP contribution in [0.15, 0.2) is 47.5 Å². The quantitative estimate of drug-likeness (QED) is 0.416. The van der Waals surface area contributed by atoms with Crippen LogP contribution in [0, 0.1) is 13.8 Å². The Bertz CT molecular complexity index is 1090. The van der Waals surface area contributed by atoms with Crippen LogP contribution in [0.2, 0.25) is 0 Å². The average Bonchev–Trinajstić information content (AvgIpc) is 2.72. The second-order valence-corrected chi connectivity index (χ2v) is 8.66. The van der Waals surface area contributed by atoms with E-state index >= 15 is 0 Å². The molecule has 7 heteroatoms. The maximum atomic E-state index is 12.9. The first-order valence-electron chi connectivity index (χ1n) is 10.5. The van der Waals surface area contributed by atoms with Gasteiger partial charge in [0, 0.05) is 31.0 Å². The highest BCUT2D eigenvalue weighted by atomic mass is 32.1. The Morgan fingerprint density at radius 3 is 2.71 bits per heavy atom. The number of aromatic nitrogens is 2. The summed E-state index contributed by atoms with van der Waals surface area (Å²) in [6.45, 7) is 6.86. The van der Waals surface area contributed by atoms with Gasteiger partial charge in [0.1, 0.15) is 0 Å². The maximum Gasteiger partial charge on any atom is 0.253 e. The van der Waals surface area contributed by atoms with E-state index in [0.29, 0.717) is 23.8 Å². The highest BCUT2D eigenvalue weighted by Crippen LogP contribution is 2.19. The van der Waals surface area contributed by atoms with Crippen molar-refractivity contribution >= 4 is 28.2 Å². The van der Waals surface area contributed by atoms with E-state index in [2.05, 4.69) is 53.3 Å². The minimum absolute atomic E-state index is 0.0777. The predicted molar refractivity (Wildman–Crippen MR) is 131 cm³/mol. The van der Waals surface area contributed by atoms with Crippen LogP contribution in [0.4, 0.5) is 0 Å². The fraction of sp³-hybridized carbons (Fsp3) is 0.375. The van der Waals surface area contributed by atoms with E-state index in [-0.39, 0.29) is 5.56 Å². The normalized spacial score (nSPS) is 11.1. The van der Waals surface area contributed by atoms with E-state index in [9.17, 15) is 4.79 Å². The third kappa shape index (κ3) is 6.35. The molecule has 0 amide bonds. The number of H-pyrrole nitrogens is 1. The van der Waals surface area contributed by atoms with Crippen molar-refractivity contribution in [1.29, 1.82) is 0 Å². The number of thiocarbonyl (C=S) groups is 1. The van der Waals surface area contributed by atoms with Gasteiger partial charge in [-0.1, -0.05) is 17.7 Å². The molecule has 0 unspecified atom stereocenters. The molecule has 6 nitrogen and oxygen atoms in total. The summed E-state index contributed by atoms with van der Waals surface area (Å²) in [6.07, 6.45) is 4.58. The van der Waals surface area contributed by atoms with Crippen LogP contribution in [-0.4, -0.2) is 52.1 Å². The molecule has 0 saturated heterocycles. The second-order valence-electron chi connectivity index (χ2n) is 8.28. The molecule has 3 aromatic rings. The summed E-state index contributed by atoms with van der Waals surface area (Å²) in [5.74, 6) is 0. The number of hydrogen-bond donors (Lipinski definition) is 2. The van der Waals surface area contributed by atoms with Gasteiger partial charge in [0.2, 0.25) is 0 Å². The zero-order valence-corrected chi connectivity index (χ0v) is 19.6. The number of pyridine rings is 2. The van der Waals surface area contributed by atoms with Gasteiger partial charge in [0.05, 0.1) is 12.1 Å². The maximum absolute atomic E-state index is 12.9. The zero-order chi connectivity index (χ0) is 22.4. The van der Waals surface area contributed by atoms with Crippen molar-refractivity contribution in [1.82, 2.24) is 25.1 Å². The lowest BCUT2D eigenvalue weighted by atomic mass is 10.1. The summed E-state index contributed by atoms with van der Waals surface area (Å²) in [4.78, 5) is 24.3. The molecule has 31 heavy (non-hydrogen) atoms. The third-order valence-corrected chi connectivity index (χ3v) is 5.58. The Morgan fingerprint density at radius 2 is 2.00 bits per heavy atom. The van der Waals surface area contributed by atoms with Crippen LogP contribution < -0.4 is 10.9 Å². The Morgan fingerprint density at radius 1 is 1.19 bits per heavy atom. The van der Waals surface area contributed by atoms with Crippen molar-refractivity contribution < 1.29 is 0 Å². The molecule has 0 bridgehead atoms. The Balaban J connectivity index is 1.84. The van der Waals surface area contributed by atoms with Crippen LogP contribution in [0.3, 0.4) is 0 Å². The summed E-state index contributed by atoms with van der Waals surface area (Å²) in [5, 5.41) is 5.03. The number of nitrogens with zero attached hydrogens (tertiary/aromatic N) is 3. The fourth-order valence-corrected chi connectivity index (χ4v) is 3.90. The molecule has 0 atom stereocenters. The molecule has 0 spiro atoms. The highest BCUT2D eigenvalue weighted by Gasteiger charge is 2.15. The molecule has 2 heterocycles. The van der Waals surface area contributed by atoms with Crippen molar-refractivity contribution in [2.24, 2.45) is 0 Å². The van der Waals surface area contributed by atoms with Gasteiger partial charge in [-0.05, 0) is 87.8 Å². The summed E-state index contributed by atoms with van der Waals surface area (Å²) < 4.78 is 0. The molecule has 0 saturated carbocycles. The van der Waals surface area contributed by atoms with Gasteiger partial charge in [-0.2, -0.15) is 0 Å². The molecule has 0 aliphatic carbocycles. The minimum atomic E-state index is -0.0777. The number of hydrogen-bond acceptors (Lipinski definition) is 4.